The van der Waals surface area contributed by atoms with E-state index in [-0.39, 0.29) is 32.8 Å². The summed E-state index contributed by atoms with van der Waals surface area (Å²) >= 11 is 5.77. The Morgan fingerprint density at radius 2 is 1.73 bits per heavy atom. The number of hydrogen-bond donors (Lipinski definition) is 2. The molecule has 2 aromatic carbocycles. The lowest BCUT2D eigenvalue weighted by molar-refractivity contribution is -0.0894. The molecule has 0 atom stereocenters. The Balaban J connectivity index is 0.000000584. The molecule has 6 nitrogen and oxygen atoms in total. The Hall–Kier alpha value is -4.23. The first-order chi connectivity index (χ1) is 19.2. The zero-order valence-electron chi connectivity index (χ0n) is 23.6. The molecule has 0 unspecified atom stereocenters. The standard InChI is InChI=1S/C19H16ClF4N3O2.C9H9N.C2H6/c1-8(2)16(9(3)19(22,23)24)27-17(28)11-6-15(18(29)25-4)26-14-7-13(21)12(20)5-10(11)14;1-2-8-4-3-5-9(6-8)7-10;1-2/h5-7H,3H2,1-2,4H3,(H,25,29)(H,27,28);3-6H,2H2,1H3;1-2H3. The van der Waals surface area contributed by atoms with Crippen LogP contribution in [0.25, 0.3) is 10.9 Å². The van der Waals surface area contributed by atoms with Crippen molar-refractivity contribution in [3.05, 3.63) is 99.1 Å². The smallest absolute Gasteiger partial charge is 0.354 e. The highest BCUT2D eigenvalue weighted by atomic mass is 35.5. The maximum absolute atomic E-state index is 13.8. The van der Waals surface area contributed by atoms with Gasteiger partial charge < -0.3 is 10.6 Å². The van der Waals surface area contributed by atoms with Gasteiger partial charge in [-0.15, -0.1) is 0 Å². The molecule has 0 aliphatic carbocycles. The molecule has 0 aliphatic rings. The third-order valence-corrected chi connectivity index (χ3v) is 5.69. The van der Waals surface area contributed by atoms with Gasteiger partial charge >= 0.3 is 6.18 Å². The van der Waals surface area contributed by atoms with E-state index >= 15 is 0 Å². The lowest BCUT2D eigenvalue weighted by Gasteiger charge is -2.18. The highest BCUT2D eigenvalue weighted by molar-refractivity contribution is 6.31. The Labute approximate surface area is 241 Å². The van der Waals surface area contributed by atoms with Gasteiger partial charge in [0, 0.05) is 18.5 Å². The predicted molar refractivity (Wildman–Crippen MR) is 153 cm³/mol. The van der Waals surface area contributed by atoms with Crippen LogP contribution >= 0.6 is 11.6 Å². The van der Waals surface area contributed by atoms with E-state index in [2.05, 4.69) is 35.2 Å². The zero-order chi connectivity index (χ0) is 31.5. The number of pyridine rings is 1. The number of rotatable bonds is 5. The van der Waals surface area contributed by atoms with E-state index in [1.807, 2.05) is 38.1 Å². The fourth-order valence-electron chi connectivity index (χ4n) is 3.34. The van der Waals surface area contributed by atoms with E-state index in [1.54, 1.807) is 0 Å². The van der Waals surface area contributed by atoms with Gasteiger partial charge in [-0.2, -0.15) is 18.4 Å². The van der Waals surface area contributed by atoms with Gasteiger partial charge in [0.1, 0.15) is 11.5 Å². The number of aryl methyl sites for hydroxylation is 1. The molecule has 0 fully saturated rings. The van der Waals surface area contributed by atoms with Gasteiger partial charge in [-0.25, -0.2) is 9.37 Å². The molecule has 0 saturated heterocycles. The maximum Gasteiger partial charge on any atom is 0.417 e. The number of carbonyl (C=O) groups is 2. The summed E-state index contributed by atoms with van der Waals surface area (Å²) in [5, 5.41) is 12.7. The fourth-order valence-corrected chi connectivity index (χ4v) is 3.50. The SMILES string of the molecule is C=C(C(NC(=O)c1cc(C(=O)NC)nc2cc(F)c(Cl)cc12)=C(C)C)C(F)(F)F.CC.CCc1cccc(C#N)c1. The van der Waals surface area contributed by atoms with Crippen molar-refractivity contribution in [3.63, 3.8) is 0 Å². The van der Waals surface area contributed by atoms with Crippen LogP contribution in [0.3, 0.4) is 0 Å². The highest BCUT2D eigenvalue weighted by Crippen LogP contribution is 2.31. The minimum atomic E-state index is -4.76. The van der Waals surface area contributed by atoms with Gasteiger partial charge in [0.25, 0.3) is 11.8 Å². The van der Waals surface area contributed by atoms with Crippen LogP contribution in [0.15, 0.2) is 65.9 Å². The number of hydrogen-bond acceptors (Lipinski definition) is 4. The molecule has 11 heteroatoms. The van der Waals surface area contributed by atoms with Crippen molar-refractivity contribution in [1.82, 2.24) is 15.6 Å². The summed E-state index contributed by atoms with van der Waals surface area (Å²) in [5.74, 6) is -2.47. The van der Waals surface area contributed by atoms with Crippen LogP contribution < -0.4 is 10.6 Å². The van der Waals surface area contributed by atoms with Gasteiger partial charge in [-0.3, -0.25) is 9.59 Å². The topological polar surface area (TPSA) is 94.9 Å². The van der Waals surface area contributed by atoms with Gasteiger partial charge in [0.15, 0.2) is 0 Å². The number of halogens is 5. The number of alkyl halides is 3. The third kappa shape index (κ3) is 9.43. The summed E-state index contributed by atoms with van der Waals surface area (Å²) in [6.45, 7) is 11.8. The molecule has 1 aromatic heterocycles. The normalized spacial score (nSPS) is 10.2. The van der Waals surface area contributed by atoms with Crippen molar-refractivity contribution in [2.24, 2.45) is 0 Å². The van der Waals surface area contributed by atoms with Crippen molar-refractivity contribution in [3.8, 4) is 6.07 Å². The number of aromatic nitrogens is 1. The molecule has 2 amide bonds. The van der Waals surface area contributed by atoms with Crippen LogP contribution in [0, 0.1) is 17.1 Å². The summed E-state index contributed by atoms with van der Waals surface area (Å²) in [6.07, 6.45) is -3.77. The maximum atomic E-state index is 13.8. The average Bonchev–Trinajstić information content (AvgIpc) is 2.95. The number of amides is 2. The first-order valence-corrected chi connectivity index (χ1v) is 12.9. The second-order valence-electron chi connectivity index (χ2n) is 8.39. The number of nitrogens with zero attached hydrogens (tertiary/aromatic N) is 2. The first-order valence-electron chi connectivity index (χ1n) is 12.5. The third-order valence-electron chi connectivity index (χ3n) is 5.40. The summed E-state index contributed by atoms with van der Waals surface area (Å²) in [7, 11) is 1.32. The highest BCUT2D eigenvalue weighted by Gasteiger charge is 2.35. The quantitative estimate of drug-likeness (QED) is 0.235. The number of nitrogens with one attached hydrogen (secondary N) is 2. The summed E-state index contributed by atoms with van der Waals surface area (Å²) in [6, 6.07) is 12.9. The molecule has 0 bridgehead atoms. The van der Waals surface area contributed by atoms with Crippen LogP contribution in [0.4, 0.5) is 17.6 Å². The number of nitriles is 1. The zero-order valence-corrected chi connectivity index (χ0v) is 24.3. The Morgan fingerprint density at radius 3 is 2.24 bits per heavy atom. The van der Waals surface area contributed by atoms with E-state index < -0.39 is 35.1 Å². The van der Waals surface area contributed by atoms with Crippen LogP contribution in [-0.4, -0.2) is 30.0 Å². The van der Waals surface area contributed by atoms with Crippen molar-refractivity contribution in [1.29, 1.82) is 5.26 Å². The first kappa shape index (κ1) is 34.8. The summed E-state index contributed by atoms with van der Waals surface area (Å²) < 4.78 is 53.0. The fraction of sp³-hybridized carbons (Fsp3) is 0.267. The molecule has 0 radical (unpaired) electrons. The van der Waals surface area contributed by atoms with E-state index in [0.717, 1.165) is 30.2 Å². The lowest BCUT2D eigenvalue weighted by Crippen LogP contribution is -2.29. The van der Waals surface area contributed by atoms with Crippen LogP contribution in [0.2, 0.25) is 5.02 Å². The van der Waals surface area contributed by atoms with Gasteiger partial charge in [-0.1, -0.05) is 56.7 Å². The number of allylic oxidation sites excluding steroid dienone is 2. The van der Waals surface area contributed by atoms with Gasteiger partial charge in [-0.05, 0) is 50.1 Å². The van der Waals surface area contributed by atoms with E-state index in [9.17, 15) is 27.2 Å². The van der Waals surface area contributed by atoms with Crippen molar-refractivity contribution in [2.75, 3.05) is 7.05 Å². The molecule has 0 aliphatic heterocycles. The van der Waals surface area contributed by atoms with Gasteiger partial charge in [0.05, 0.1) is 39.0 Å². The molecular weight excluding hydrogens is 560 g/mol. The molecule has 1 heterocycles. The average molecular weight is 591 g/mol. The second kappa shape index (κ2) is 15.5. The Morgan fingerprint density at radius 1 is 1.10 bits per heavy atom. The van der Waals surface area contributed by atoms with Crippen molar-refractivity contribution < 1.29 is 27.2 Å². The van der Waals surface area contributed by atoms with E-state index in [1.165, 1.54) is 26.5 Å². The Bertz CT molecular complexity index is 1500. The number of benzene rings is 2. The minimum absolute atomic E-state index is 0.0623. The largest absolute Gasteiger partial charge is 0.417 e. The van der Waals surface area contributed by atoms with Crippen LogP contribution in [0.1, 0.15) is 66.6 Å². The lowest BCUT2D eigenvalue weighted by atomic mass is 10.0. The van der Waals surface area contributed by atoms with Crippen molar-refractivity contribution >= 4 is 34.3 Å². The molecule has 0 spiro atoms. The minimum Gasteiger partial charge on any atom is -0.354 e. The van der Waals surface area contributed by atoms with Crippen LogP contribution in [0.5, 0.6) is 0 Å². The predicted octanol–water partition coefficient (Wildman–Crippen LogP) is 7.68. The van der Waals surface area contributed by atoms with E-state index in [0.29, 0.717) is 0 Å². The summed E-state index contributed by atoms with van der Waals surface area (Å²) in [4.78, 5) is 28.8. The number of fused-ring (bicyclic) bond motifs is 1. The molecule has 41 heavy (non-hydrogen) atoms. The van der Waals surface area contributed by atoms with E-state index in [4.69, 9.17) is 16.9 Å². The summed E-state index contributed by atoms with van der Waals surface area (Å²) in [5.41, 5.74) is -0.106. The van der Waals surface area contributed by atoms with Crippen molar-refractivity contribution in [2.45, 2.75) is 47.2 Å². The Kier molecular flexibility index (Phi) is 13.2. The molecule has 3 rings (SSSR count). The molecule has 218 valence electrons. The molecular formula is C30H31ClF4N4O2. The molecule has 3 aromatic rings. The second-order valence-corrected chi connectivity index (χ2v) is 8.80. The van der Waals surface area contributed by atoms with Crippen LogP contribution in [-0.2, 0) is 6.42 Å². The molecule has 2 N–H and O–H groups in total. The van der Waals surface area contributed by atoms with Gasteiger partial charge in [0.2, 0.25) is 0 Å². The molecule has 0 saturated carbocycles. The monoisotopic (exact) mass is 590 g/mol. The number of carbonyl (C=O) groups excluding carboxylic acids is 2.